The maximum absolute atomic E-state index is 12.6. The number of azo groups is 1. The summed E-state index contributed by atoms with van der Waals surface area (Å²) < 4.78 is 10.8. The summed E-state index contributed by atoms with van der Waals surface area (Å²) in [5, 5.41) is 11.2. The largest absolute Gasteiger partial charge is 0.468 e. The highest BCUT2D eigenvalue weighted by atomic mass is 16.5. The lowest BCUT2D eigenvalue weighted by Gasteiger charge is -2.23. The van der Waals surface area contributed by atoms with E-state index < -0.39 is 29.6 Å². The van der Waals surface area contributed by atoms with Crippen LogP contribution in [0.15, 0.2) is 75.9 Å². The summed E-state index contributed by atoms with van der Waals surface area (Å²) in [4.78, 5) is 29.6. The minimum absolute atomic E-state index is 0.107. The number of hydrogen-bond donors (Lipinski definition) is 2. The fourth-order valence-electron chi connectivity index (χ4n) is 3.22. The summed E-state index contributed by atoms with van der Waals surface area (Å²) in [6, 6.07) is 18.1. The van der Waals surface area contributed by atoms with Gasteiger partial charge in [-0.05, 0) is 25.0 Å². The number of aliphatic imine (C=N–C) groups is 1. The summed E-state index contributed by atoms with van der Waals surface area (Å²) in [6.07, 6.45) is -0.811. The second-order valence-electron chi connectivity index (χ2n) is 8.28. The van der Waals surface area contributed by atoms with Crippen molar-refractivity contribution >= 4 is 17.7 Å². The summed E-state index contributed by atoms with van der Waals surface area (Å²) in [6.45, 7) is 3.67. The highest BCUT2D eigenvalue weighted by molar-refractivity contribution is 5.95. The summed E-state index contributed by atoms with van der Waals surface area (Å²) in [5.74, 6) is -1.36. The molecule has 9 nitrogen and oxygen atoms in total. The van der Waals surface area contributed by atoms with E-state index in [0.717, 1.165) is 5.56 Å². The topological polar surface area (TPSA) is 128 Å². The Morgan fingerprint density at radius 2 is 1.73 bits per heavy atom. The number of nitrogens with zero attached hydrogens (tertiary/aromatic N) is 3. The first kappa shape index (κ1) is 24.2. The van der Waals surface area contributed by atoms with Crippen molar-refractivity contribution in [3.63, 3.8) is 0 Å². The second kappa shape index (κ2) is 10.9. The van der Waals surface area contributed by atoms with E-state index >= 15 is 0 Å². The van der Waals surface area contributed by atoms with Crippen molar-refractivity contribution in [2.75, 3.05) is 13.7 Å². The van der Waals surface area contributed by atoms with Gasteiger partial charge in [-0.25, -0.2) is 4.99 Å². The lowest BCUT2D eigenvalue weighted by atomic mass is 9.96. The van der Waals surface area contributed by atoms with Crippen molar-refractivity contribution in [3.8, 4) is 0 Å². The molecule has 0 bridgehead atoms. The lowest BCUT2D eigenvalue weighted by Crippen LogP contribution is -2.55. The number of carbonyl (C=O) groups excluding carboxylic acids is 2. The molecule has 0 saturated heterocycles. The van der Waals surface area contributed by atoms with Crippen molar-refractivity contribution in [3.05, 3.63) is 71.8 Å². The average molecular weight is 452 g/mol. The van der Waals surface area contributed by atoms with Crippen molar-refractivity contribution < 1.29 is 19.1 Å². The Morgan fingerprint density at radius 1 is 1.09 bits per heavy atom. The fraction of sp³-hybridized carbons (Fsp3) is 0.375. The summed E-state index contributed by atoms with van der Waals surface area (Å²) in [7, 11) is 1.32. The number of esters is 1. The number of amidine groups is 1. The van der Waals surface area contributed by atoms with Crippen molar-refractivity contribution in [1.82, 2.24) is 5.32 Å². The van der Waals surface area contributed by atoms with Gasteiger partial charge in [0.1, 0.15) is 12.0 Å². The first-order valence-electron chi connectivity index (χ1n) is 10.6. The first-order valence-corrected chi connectivity index (χ1v) is 10.6. The molecule has 0 aromatic heterocycles. The maximum Gasteiger partial charge on any atom is 0.317 e. The molecule has 2 unspecified atom stereocenters. The van der Waals surface area contributed by atoms with Crippen LogP contribution in [0.1, 0.15) is 30.9 Å². The van der Waals surface area contributed by atoms with Gasteiger partial charge in [0.05, 0.1) is 25.9 Å². The smallest absolute Gasteiger partial charge is 0.317 e. The minimum Gasteiger partial charge on any atom is -0.468 e. The van der Waals surface area contributed by atoms with Gasteiger partial charge in [0, 0.05) is 0 Å². The molecule has 1 amide bonds. The SMILES string of the molecule is COC(=O)C(c1ccccc1)C1N=NC([C@@H](COCc2ccccc2)NC(=O)C(C)(C)N)=N1. The van der Waals surface area contributed by atoms with Gasteiger partial charge < -0.3 is 20.5 Å². The van der Waals surface area contributed by atoms with Crippen LogP contribution in [0.2, 0.25) is 0 Å². The zero-order valence-electron chi connectivity index (χ0n) is 19.0. The Hall–Kier alpha value is -3.43. The maximum atomic E-state index is 12.6. The first-order chi connectivity index (χ1) is 15.8. The highest BCUT2D eigenvalue weighted by Crippen LogP contribution is 2.28. The van der Waals surface area contributed by atoms with Gasteiger partial charge in [0.25, 0.3) is 0 Å². The monoisotopic (exact) mass is 451 g/mol. The van der Waals surface area contributed by atoms with Crippen LogP contribution < -0.4 is 11.1 Å². The number of nitrogens with two attached hydrogens (primary N) is 1. The van der Waals surface area contributed by atoms with E-state index in [4.69, 9.17) is 15.2 Å². The number of amides is 1. The predicted octanol–water partition coefficient (Wildman–Crippen LogP) is 2.57. The van der Waals surface area contributed by atoms with E-state index in [-0.39, 0.29) is 18.3 Å². The molecule has 0 saturated carbocycles. The quantitative estimate of drug-likeness (QED) is 0.537. The Labute approximate surface area is 193 Å². The van der Waals surface area contributed by atoms with E-state index in [9.17, 15) is 9.59 Å². The minimum atomic E-state index is -1.11. The fourth-order valence-corrected chi connectivity index (χ4v) is 3.22. The molecule has 0 fully saturated rings. The summed E-state index contributed by atoms with van der Waals surface area (Å²) >= 11 is 0. The normalized spacial score (nSPS) is 17.2. The van der Waals surface area contributed by atoms with Crippen LogP contribution in [-0.2, 0) is 25.7 Å². The number of methoxy groups -OCH3 is 1. The van der Waals surface area contributed by atoms with Crippen LogP contribution in [0, 0.1) is 0 Å². The molecule has 9 heteroatoms. The predicted molar refractivity (Wildman–Crippen MR) is 124 cm³/mol. The molecule has 1 aliphatic heterocycles. The van der Waals surface area contributed by atoms with Crippen molar-refractivity contribution in [2.45, 2.75) is 44.1 Å². The Bertz CT molecular complexity index is 1000. The molecule has 3 N–H and O–H groups in total. The number of nitrogens with one attached hydrogen (secondary N) is 1. The van der Waals surface area contributed by atoms with Crippen LogP contribution in [0.4, 0.5) is 0 Å². The molecule has 0 aliphatic carbocycles. The van der Waals surface area contributed by atoms with E-state index in [2.05, 4.69) is 20.5 Å². The van der Waals surface area contributed by atoms with Crippen LogP contribution in [0.3, 0.4) is 0 Å². The van der Waals surface area contributed by atoms with Crippen LogP contribution in [0.25, 0.3) is 0 Å². The molecular formula is C24H29N5O4. The molecule has 1 heterocycles. The zero-order valence-corrected chi connectivity index (χ0v) is 19.0. The number of ether oxygens (including phenoxy) is 2. The molecular weight excluding hydrogens is 422 g/mol. The molecule has 1 aliphatic rings. The molecule has 2 aromatic rings. The second-order valence-corrected chi connectivity index (χ2v) is 8.28. The average Bonchev–Trinajstić information content (AvgIpc) is 3.28. The van der Waals surface area contributed by atoms with E-state index in [1.54, 1.807) is 13.8 Å². The van der Waals surface area contributed by atoms with Gasteiger partial charge in [-0.3, -0.25) is 9.59 Å². The van der Waals surface area contributed by atoms with Gasteiger partial charge in [-0.2, -0.15) is 5.11 Å². The third-order valence-electron chi connectivity index (χ3n) is 5.05. The summed E-state index contributed by atoms with van der Waals surface area (Å²) in [5.41, 5.74) is 6.54. The zero-order chi connectivity index (χ0) is 23.8. The van der Waals surface area contributed by atoms with Gasteiger partial charge in [0.15, 0.2) is 12.0 Å². The van der Waals surface area contributed by atoms with Gasteiger partial charge in [-0.15, -0.1) is 5.11 Å². The Balaban J connectivity index is 1.80. The highest BCUT2D eigenvalue weighted by Gasteiger charge is 2.36. The van der Waals surface area contributed by atoms with Crippen LogP contribution in [-0.4, -0.2) is 49.2 Å². The van der Waals surface area contributed by atoms with Crippen molar-refractivity contribution in [1.29, 1.82) is 0 Å². The molecule has 3 atom stereocenters. The van der Waals surface area contributed by atoms with E-state index in [1.807, 2.05) is 60.7 Å². The lowest BCUT2D eigenvalue weighted by molar-refractivity contribution is -0.142. The number of rotatable bonds is 10. The molecule has 174 valence electrons. The van der Waals surface area contributed by atoms with Crippen LogP contribution in [0.5, 0.6) is 0 Å². The van der Waals surface area contributed by atoms with Crippen molar-refractivity contribution in [2.24, 2.45) is 21.0 Å². The van der Waals surface area contributed by atoms with Gasteiger partial charge in [0.2, 0.25) is 5.91 Å². The van der Waals surface area contributed by atoms with Crippen LogP contribution >= 0.6 is 0 Å². The number of hydrogen-bond acceptors (Lipinski definition) is 8. The molecule has 0 radical (unpaired) electrons. The number of benzene rings is 2. The van der Waals surface area contributed by atoms with Gasteiger partial charge >= 0.3 is 5.97 Å². The molecule has 0 spiro atoms. The molecule has 2 aromatic carbocycles. The Kier molecular flexibility index (Phi) is 8.02. The third kappa shape index (κ3) is 6.53. The Morgan fingerprint density at radius 3 is 2.33 bits per heavy atom. The van der Waals surface area contributed by atoms with E-state index in [0.29, 0.717) is 12.2 Å². The molecule has 3 rings (SSSR count). The standard InChI is InChI=1S/C24H29N5O4/c1-24(2,25)23(31)26-18(15-33-14-16-10-6-4-7-11-16)20-27-21(29-28-20)19(22(30)32-3)17-12-8-5-9-13-17/h4-13,18-19,21H,14-15,25H2,1-3H3,(H,26,31)/t18-,19?,21?/m1/s1. The molecule has 33 heavy (non-hydrogen) atoms. The van der Waals surface area contributed by atoms with Gasteiger partial charge in [-0.1, -0.05) is 60.7 Å². The third-order valence-corrected chi connectivity index (χ3v) is 5.05. The van der Waals surface area contributed by atoms with E-state index in [1.165, 1.54) is 7.11 Å². The number of carbonyl (C=O) groups is 2.